The second-order valence-electron chi connectivity index (χ2n) is 7.69. The second kappa shape index (κ2) is 8.49. The summed E-state index contributed by atoms with van der Waals surface area (Å²) >= 11 is 1.34. The summed E-state index contributed by atoms with van der Waals surface area (Å²) in [7, 11) is 0. The van der Waals surface area contributed by atoms with Crippen LogP contribution < -0.4 is 0 Å². The minimum atomic E-state index is -0.926. The number of hydrogen-bond donors (Lipinski definition) is 0. The number of hydrogen-bond acceptors (Lipinski definition) is 6. The van der Waals surface area contributed by atoms with Crippen LogP contribution in [0.4, 0.5) is 0 Å². The van der Waals surface area contributed by atoms with Crippen molar-refractivity contribution < 1.29 is 14.3 Å². The average molecular weight is 422 g/mol. The van der Waals surface area contributed by atoms with Crippen LogP contribution >= 0.6 is 11.8 Å². The number of pyridine rings is 1. The molecule has 4 rings (SSSR count). The molecule has 0 N–H and O–H groups in total. The Morgan fingerprint density at radius 3 is 2.70 bits per heavy atom. The number of carbonyl (C=O) groups excluding carboxylic acids is 2. The predicted octanol–water partition coefficient (Wildman–Crippen LogP) is 3.68. The highest BCUT2D eigenvalue weighted by Gasteiger charge is 2.31. The van der Waals surface area contributed by atoms with Gasteiger partial charge in [-0.1, -0.05) is 24.3 Å². The van der Waals surface area contributed by atoms with E-state index in [1.165, 1.54) is 17.3 Å². The van der Waals surface area contributed by atoms with Crippen molar-refractivity contribution in [3.05, 3.63) is 58.3 Å². The molecule has 1 aliphatic carbocycles. The molecule has 2 heterocycles. The maximum absolute atomic E-state index is 12.9. The SMILES string of the molecule is CSc1nc(C2CC2)cc(C(=O)OC(C)C(=O)N2CCc3ccccc3C2)c1C#N. The van der Waals surface area contributed by atoms with Crippen molar-refractivity contribution in [1.29, 1.82) is 5.26 Å². The van der Waals surface area contributed by atoms with E-state index in [0.29, 0.717) is 24.0 Å². The first kappa shape index (κ1) is 20.4. The van der Waals surface area contributed by atoms with Crippen molar-refractivity contribution in [3.63, 3.8) is 0 Å². The molecule has 154 valence electrons. The smallest absolute Gasteiger partial charge is 0.340 e. The minimum absolute atomic E-state index is 0.197. The quantitative estimate of drug-likeness (QED) is 0.541. The molecule has 1 aromatic heterocycles. The van der Waals surface area contributed by atoms with E-state index in [2.05, 4.69) is 17.1 Å². The monoisotopic (exact) mass is 421 g/mol. The summed E-state index contributed by atoms with van der Waals surface area (Å²) in [5, 5.41) is 10.1. The van der Waals surface area contributed by atoms with Crippen molar-refractivity contribution in [2.75, 3.05) is 12.8 Å². The van der Waals surface area contributed by atoms with E-state index < -0.39 is 12.1 Å². The molecule has 1 aliphatic heterocycles. The summed E-state index contributed by atoms with van der Waals surface area (Å²) in [6, 6.07) is 11.8. The number of fused-ring (bicyclic) bond motifs is 1. The van der Waals surface area contributed by atoms with E-state index >= 15 is 0 Å². The minimum Gasteiger partial charge on any atom is -0.449 e. The summed E-state index contributed by atoms with van der Waals surface area (Å²) in [4.78, 5) is 32.1. The molecule has 0 bridgehead atoms. The van der Waals surface area contributed by atoms with Crippen LogP contribution in [-0.4, -0.2) is 40.7 Å². The molecule has 1 atom stereocenters. The lowest BCUT2D eigenvalue weighted by Gasteiger charge is -2.30. The third-order valence-electron chi connectivity index (χ3n) is 5.60. The van der Waals surface area contributed by atoms with Crippen molar-refractivity contribution in [2.24, 2.45) is 0 Å². The van der Waals surface area contributed by atoms with Gasteiger partial charge < -0.3 is 9.64 Å². The Balaban J connectivity index is 1.50. The van der Waals surface area contributed by atoms with Crippen LogP contribution in [0, 0.1) is 11.3 Å². The number of esters is 1. The number of thioether (sulfide) groups is 1. The Morgan fingerprint density at radius 1 is 1.30 bits per heavy atom. The number of nitriles is 1. The first-order valence-corrected chi connectivity index (χ1v) is 11.3. The average Bonchev–Trinajstić information content (AvgIpc) is 3.62. The molecule has 0 spiro atoms. The van der Waals surface area contributed by atoms with Crippen molar-refractivity contribution >= 4 is 23.6 Å². The van der Waals surface area contributed by atoms with Gasteiger partial charge in [-0.25, -0.2) is 9.78 Å². The topological polar surface area (TPSA) is 83.3 Å². The van der Waals surface area contributed by atoms with Crippen LogP contribution in [0.2, 0.25) is 0 Å². The fraction of sp³-hybridized carbons (Fsp3) is 0.391. The highest BCUT2D eigenvalue weighted by Crippen LogP contribution is 2.40. The third kappa shape index (κ3) is 4.05. The molecule has 0 saturated heterocycles. The Labute approximate surface area is 180 Å². The Kier molecular flexibility index (Phi) is 5.78. The third-order valence-corrected chi connectivity index (χ3v) is 6.28. The van der Waals surface area contributed by atoms with Crippen molar-refractivity contribution in [3.8, 4) is 6.07 Å². The lowest BCUT2D eigenvalue weighted by molar-refractivity contribution is -0.140. The van der Waals surface area contributed by atoms with Gasteiger partial charge in [0.25, 0.3) is 5.91 Å². The fourth-order valence-electron chi connectivity index (χ4n) is 3.76. The van der Waals surface area contributed by atoms with Crippen molar-refractivity contribution in [2.45, 2.75) is 49.8 Å². The van der Waals surface area contributed by atoms with Gasteiger partial charge in [0, 0.05) is 24.7 Å². The molecule has 2 aromatic rings. The largest absolute Gasteiger partial charge is 0.449 e. The Bertz CT molecular complexity index is 1040. The molecule has 1 saturated carbocycles. The zero-order valence-corrected chi connectivity index (χ0v) is 17.9. The zero-order valence-electron chi connectivity index (χ0n) is 17.1. The molecule has 30 heavy (non-hydrogen) atoms. The van der Waals surface area contributed by atoms with E-state index in [9.17, 15) is 14.9 Å². The van der Waals surface area contributed by atoms with Crippen LogP contribution in [0.25, 0.3) is 0 Å². The maximum Gasteiger partial charge on any atom is 0.340 e. The molecule has 1 unspecified atom stereocenters. The van der Waals surface area contributed by atoms with Crippen molar-refractivity contribution in [1.82, 2.24) is 9.88 Å². The van der Waals surface area contributed by atoms with Gasteiger partial charge in [-0.15, -0.1) is 11.8 Å². The first-order valence-electron chi connectivity index (χ1n) is 10.1. The number of aromatic nitrogens is 1. The second-order valence-corrected chi connectivity index (χ2v) is 8.49. The molecular formula is C23H23N3O3S. The number of nitrogens with zero attached hydrogens (tertiary/aromatic N) is 3. The summed E-state index contributed by atoms with van der Waals surface area (Å²) < 4.78 is 5.52. The summed E-state index contributed by atoms with van der Waals surface area (Å²) in [5.74, 6) is -0.537. The standard InChI is InChI=1S/C23H23N3O3S/c1-14(22(27)26-10-9-15-5-3-4-6-17(15)13-26)29-23(28)18-11-20(16-7-8-16)25-21(30-2)19(18)12-24/h3-6,11,14,16H,7-10,13H2,1-2H3. The van der Waals surface area contributed by atoms with Crippen LogP contribution in [0.15, 0.2) is 35.4 Å². The van der Waals surface area contributed by atoms with E-state index in [4.69, 9.17) is 4.74 Å². The number of rotatable bonds is 5. The number of benzene rings is 1. The van der Waals surface area contributed by atoms with Gasteiger partial charge in [0.05, 0.1) is 11.1 Å². The number of ether oxygens (including phenoxy) is 1. The van der Waals surface area contributed by atoms with E-state index in [0.717, 1.165) is 30.5 Å². The normalized spacial score (nSPS) is 16.4. The first-order chi connectivity index (χ1) is 14.5. The number of amides is 1. The predicted molar refractivity (Wildman–Crippen MR) is 113 cm³/mol. The maximum atomic E-state index is 12.9. The van der Waals surface area contributed by atoms with Crippen LogP contribution in [-0.2, 0) is 22.5 Å². The molecule has 1 aromatic carbocycles. The highest BCUT2D eigenvalue weighted by atomic mass is 32.2. The molecular weight excluding hydrogens is 398 g/mol. The summed E-state index contributed by atoms with van der Waals surface area (Å²) in [6.07, 6.45) is 3.76. The molecule has 0 radical (unpaired) electrons. The van der Waals surface area contributed by atoms with E-state index in [-0.39, 0.29) is 17.0 Å². The fourth-order valence-corrected chi connectivity index (χ4v) is 4.32. The van der Waals surface area contributed by atoms with Crippen LogP contribution in [0.5, 0.6) is 0 Å². The van der Waals surface area contributed by atoms with Gasteiger partial charge in [-0.05, 0) is 49.6 Å². The summed E-state index contributed by atoms with van der Waals surface area (Å²) in [5.41, 5.74) is 3.59. The highest BCUT2D eigenvalue weighted by molar-refractivity contribution is 7.98. The Morgan fingerprint density at radius 2 is 2.03 bits per heavy atom. The molecule has 1 fully saturated rings. The lowest BCUT2D eigenvalue weighted by Crippen LogP contribution is -2.42. The van der Waals surface area contributed by atoms with Crippen LogP contribution in [0.1, 0.15) is 58.4 Å². The molecule has 1 amide bonds. The zero-order chi connectivity index (χ0) is 21.3. The van der Waals surface area contributed by atoms with Gasteiger partial charge in [0.1, 0.15) is 11.1 Å². The Hall–Kier alpha value is -2.85. The van der Waals surface area contributed by atoms with Gasteiger partial charge in [-0.2, -0.15) is 5.26 Å². The molecule has 7 heteroatoms. The van der Waals surface area contributed by atoms with E-state index in [1.54, 1.807) is 17.9 Å². The van der Waals surface area contributed by atoms with Crippen LogP contribution in [0.3, 0.4) is 0 Å². The summed E-state index contributed by atoms with van der Waals surface area (Å²) in [6.45, 7) is 2.70. The number of carbonyl (C=O) groups is 2. The van der Waals surface area contributed by atoms with Gasteiger partial charge in [0.15, 0.2) is 6.10 Å². The molecule has 2 aliphatic rings. The van der Waals surface area contributed by atoms with Gasteiger partial charge in [-0.3, -0.25) is 4.79 Å². The van der Waals surface area contributed by atoms with Gasteiger partial charge in [0.2, 0.25) is 0 Å². The lowest BCUT2D eigenvalue weighted by atomic mass is 9.99. The van der Waals surface area contributed by atoms with E-state index in [1.807, 2.05) is 24.5 Å². The molecule has 6 nitrogen and oxygen atoms in total. The van der Waals surface area contributed by atoms with Gasteiger partial charge >= 0.3 is 5.97 Å².